The number of fused-ring (bicyclic) bond motifs is 1. The van der Waals surface area contributed by atoms with Gasteiger partial charge in [0, 0.05) is 35.6 Å². The lowest BCUT2D eigenvalue weighted by Gasteiger charge is -2.32. The van der Waals surface area contributed by atoms with E-state index < -0.39 is 10.0 Å². The van der Waals surface area contributed by atoms with Gasteiger partial charge in [-0.25, -0.2) is 13.1 Å². The molecule has 176 valence electrons. The maximum absolute atomic E-state index is 13.3. The molecule has 0 saturated carbocycles. The Labute approximate surface area is 200 Å². The SMILES string of the molecule is Nc1cccc(-c2ccccc2S(=O)(=O)NC2CCN(CCc3cc4ccccc4o3)CC2)c1. The topological polar surface area (TPSA) is 88.6 Å². The number of hydrogen-bond donors (Lipinski definition) is 2. The van der Waals surface area contributed by atoms with Crippen LogP contribution in [0.4, 0.5) is 5.69 Å². The minimum absolute atomic E-state index is 0.0821. The van der Waals surface area contributed by atoms with E-state index in [1.165, 1.54) is 0 Å². The summed E-state index contributed by atoms with van der Waals surface area (Å²) in [6.45, 7) is 2.60. The van der Waals surface area contributed by atoms with Crippen molar-refractivity contribution in [3.8, 4) is 11.1 Å². The Kier molecular flexibility index (Phi) is 6.41. The molecule has 0 aliphatic carbocycles. The third-order valence-corrected chi connectivity index (χ3v) is 8.01. The van der Waals surface area contributed by atoms with Crippen molar-refractivity contribution < 1.29 is 12.8 Å². The van der Waals surface area contributed by atoms with Gasteiger partial charge in [-0.05, 0) is 61.8 Å². The average molecular weight is 476 g/mol. The summed E-state index contributed by atoms with van der Waals surface area (Å²) >= 11 is 0. The van der Waals surface area contributed by atoms with Gasteiger partial charge in [-0.15, -0.1) is 0 Å². The highest BCUT2D eigenvalue weighted by Crippen LogP contribution is 2.29. The molecule has 1 aliphatic heterocycles. The fourth-order valence-electron chi connectivity index (χ4n) is 4.63. The van der Waals surface area contributed by atoms with Gasteiger partial charge in [-0.1, -0.05) is 48.5 Å². The number of rotatable bonds is 7. The van der Waals surface area contributed by atoms with Crippen LogP contribution in [0.2, 0.25) is 0 Å². The summed E-state index contributed by atoms with van der Waals surface area (Å²) < 4.78 is 35.4. The van der Waals surface area contributed by atoms with E-state index in [-0.39, 0.29) is 10.9 Å². The Bertz CT molecular complexity index is 1360. The molecular formula is C27H29N3O3S. The summed E-state index contributed by atoms with van der Waals surface area (Å²) in [4.78, 5) is 2.66. The summed E-state index contributed by atoms with van der Waals surface area (Å²) in [6.07, 6.45) is 2.40. The van der Waals surface area contributed by atoms with E-state index in [1.54, 1.807) is 24.3 Å². The first-order valence-corrected chi connectivity index (χ1v) is 13.1. The van der Waals surface area contributed by atoms with Crippen molar-refractivity contribution >= 4 is 26.7 Å². The Hall–Kier alpha value is -3.13. The fourth-order valence-corrected chi connectivity index (χ4v) is 6.17. The fraction of sp³-hybridized carbons (Fsp3) is 0.259. The van der Waals surface area contributed by atoms with E-state index >= 15 is 0 Å². The zero-order valence-electron chi connectivity index (χ0n) is 19.0. The molecule has 5 rings (SSSR count). The molecule has 0 bridgehead atoms. The molecule has 4 aromatic rings. The first-order valence-electron chi connectivity index (χ1n) is 11.6. The standard InChI is InChI=1S/C27H29N3O3S/c28-22-8-5-7-20(18-22)25-9-2-4-11-27(25)34(31,32)29-23-12-15-30(16-13-23)17-14-24-19-21-6-1-3-10-26(21)33-24/h1-11,18-19,23,29H,12-17,28H2. The maximum atomic E-state index is 13.3. The lowest BCUT2D eigenvalue weighted by atomic mass is 10.1. The van der Waals surface area contributed by atoms with Crippen molar-refractivity contribution in [1.29, 1.82) is 0 Å². The molecule has 7 heteroatoms. The summed E-state index contributed by atoms with van der Waals surface area (Å²) in [5, 5.41) is 1.13. The zero-order chi connectivity index (χ0) is 23.5. The van der Waals surface area contributed by atoms with Gasteiger partial charge in [0.15, 0.2) is 0 Å². The number of benzene rings is 3. The highest BCUT2D eigenvalue weighted by Gasteiger charge is 2.26. The Morgan fingerprint density at radius 1 is 0.941 bits per heavy atom. The maximum Gasteiger partial charge on any atom is 0.241 e. The Balaban J connectivity index is 1.20. The van der Waals surface area contributed by atoms with Gasteiger partial charge in [0.2, 0.25) is 10.0 Å². The van der Waals surface area contributed by atoms with Crippen LogP contribution in [0.5, 0.6) is 0 Å². The summed E-state index contributed by atoms with van der Waals surface area (Å²) in [7, 11) is -3.66. The molecule has 0 atom stereocenters. The second-order valence-corrected chi connectivity index (χ2v) is 10.5. The Morgan fingerprint density at radius 2 is 1.71 bits per heavy atom. The number of sulfonamides is 1. The third-order valence-electron chi connectivity index (χ3n) is 6.43. The molecule has 6 nitrogen and oxygen atoms in total. The van der Waals surface area contributed by atoms with E-state index in [9.17, 15) is 8.42 Å². The van der Waals surface area contributed by atoms with Crippen LogP contribution in [0.15, 0.2) is 88.2 Å². The third kappa shape index (κ3) is 5.01. The van der Waals surface area contributed by atoms with E-state index in [2.05, 4.69) is 21.8 Å². The van der Waals surface area contributed by atoms with Gasteiger partial charge in [-0.3, -0.25) is 0 Å². The molecule has 0 amide bonds. The largest absolute Gasteiger partial charge is 0.461 e. The number of anilines is 1. The quantitative estimate of drug-likeness (QED) is 0.379. The molecular weight excluding hydrogens is 446 g/mol. The van der Waals surface area contributed by atoms with Gasteiger partial charge >= 0.3 is 0 Å². The van der Waals surface area contributed by atoms with Crippen LogP contribution < -0.4 is 10.5 Å². The van der Waals surface area contributed by atoms with E-state index in [4.69, 9.17) is 10.2 Å². The van der Waals surface area contributed by atoms with Crippen molar-refractivity contribution in [2.45, 2.75) is 30.2 Å². The van der Waals surface area contributed by atoms with Gasteiger partial charge < -0.3 is 15.1 Å². The van der Waals surface area contributed by atoms with E-state index in [1.807, 2.05) is 42.5 Å². The molecule has 34 heavy (non-hydrogen) atoms. The van der Waals surface area contributed by atoms with E-state index in [0.29, 0.717) is 11.3 Å². The average Bonchev–Trinajstić information content (AvgIpc) is 3.27. The smallest absolute Gasteiger partial charge is 0.241 e. The van der Waals surface area contributed by atoms with E-state index in [0.717, 1.165) is 61.2 Å². The van der Waals surface area contributed by atoms with Gasteiger partial charge in [0.1, 0.15) is 11.3 Å². The number of furan rings is 1. The van der Waals surface area contributed by atoms with Crippen LogP contribution >= 0.6 is 0 Å². The number of para-hydroxylation sites is 1. The van der Waals surface area contributed by atoms with Crippen LogP contribution in [0.1, 0.15) is 18.6 Å². The number of nitrogens with two attached hydrogens (primary N) is 1. The van der Waals surface area contributed by atoms with Crippen LogP contribution in [-0.2, 0) is 16.4 Å². The Morgan fingerprint density at radius 3 is 2.50 bits per heavy atom. The van der Waals surface area contributed by atoms with Crippen LogP contribution in [0, 0.1) is 0 Å². The van der Waals surface area contributed by atoms with Gasteiger partial charge in [0.05, 0.1) is 4.90 Å². The lowest BCUT2D eigenvalue weighted by Crippen LogP contribution is -2.45. The molecule has 1 aliphatic rings. The van der Waals surface area contributed by atoms with Crippen molar-refractivity contribution in [2.75, 3.05) is 25.4 Å². The minimum atomic E-state index is -3.66. The normalized spacial score (nSPS) is 15.6. The number of nitrogens with one attached hydrogen (secondary N) is 1. The predicted octanol–water partition coefficient (Wildman–Crippen LogP) is 4.67. The monoisotopic (exact) mass is 475 g/mol. The molecule has 2 heterocycles. The van der Waals surface area contributed by atoms with Crippen molar-refractivity contribution in [3.05, 3.63) is 84.6 Å². The highest BCUT2D eigenvalue weighted by molar-refractivity contribution is 7.89. The molecule has 1 aromatic heterocycles. The van der Waals surface area contributed by atoms with Crippen LogP contribution in [0.25, 0.3) is 22.1 Å². The van der Waals surface area contributed by atoms with Gasteiger partial charge in [-0.2, -0.15) is 0 Å². The van der Waals surface area contributed by atoms with Crippen molar-refractivity contribution in [1.82, 2.24) is 9.62 Å². The highest BCUT2D eigenvalue weighted by atomic mass is 32.2. The zero-order valence-corrected chi connectivity index (χ0v) is 19.8. The summed E-state index contributed by atoms with van der Waals surface area (Å²) in [5.41, 5.74) is 8.90. The van der Waals surface area contributed by atoms with Crippen LogP contribution in [0.3, 0.4) is 0 Å². The molecule has 1 saturated heterocycles. The number of hydrogen-bond acceptors (Lipinski definition) is 5. The summed E-state index contributed by atoms with van der Waals surface area (Å²) in [5.74, 6) is 0.988. The number of piperidine rings is 1. The van der Waals surface area contributed by atoms with Crippen LogP contribution in [-0.4, -0.2) is 39.0 Å². The molecule has 0 spiro atoms. The minimum Gasteiger partial charge on any atom is -0.461 e. The molecule has 3 N–H and O–H groups in total. The predicted molar refractivity (Wildman–Crippen MR) is 136 cm³/mol. The second-order valence-electron chi connectivity index (χ2n) is 8.86. The first kappa shape index (κ1) is 22.7. The summed E-state index contributed by atoms with van der Waals surface area (Å²) in [6, 6.07) is 24.5. The van der Waals surface area contributed by atoms with Gasteiger partial charge in [0.25, 0.3) is 0 Å². The number of likely N-dealkylation sites (tertiary alicyclic amines) is 1. The number of nitrogen functional groups attached to an aromatic ring is 1. The second kappa shape index (κ2) is 9.62. The first-order chi connectivity index (χ1) is 16.5. The molecule has 1 fully saturated rings. The lowest BCUT2D eigenvalue weighted by molar-refractivity contribution is 0.206. The van der Waals surface area contributed by atoms with Crippen molar-refractivity contribution in [3.63, 3.8) is 0 Å². The molecule has 0 unspecified atom stereocenters. The number of nitrogens with zero attached hydrogens (tertiary/aromatic N) is 1. The van der Waals surface area contributed by atoms with Crippen molar-refractivity contribution in [2.24, 2.45) is 0 Å². The molecule has 0 radical (unpaired) electrons. The molecule has 3 aromatic carbocycles.